The Labute approximate surface area is 126 Å². The number of nitrogens with one attached hydrogen (secondary N) is 1. The normalized spacial score (nSPS) is 15.1. The molecule has 1 fully saturated rings. The molecule has 108 valence electrons. The zero-order valence-corrected chi connectivity index (χ0v) is 12.6. The lowest BCUT2D eigenvalue weighted by molar-refractivity contribution is -0.138. The molecule has 5 nitrogen and oxygen atoms in total. The van der Waals surface area contributed by atoms with Gasteiger partial charge in [0, 0.05) is 16.2 Å². The van der Waals surface area contributed by atoms with Crippen LogP contribution in [0.3, 0.4) is 0 Å². The van der Waals surface area contributed by atoms with E-state index >= 15 is 0 Å². The quantitative estimate of drug-likeness (QED) is 0.883. The monoisotopic (exact) mass is 340 g/mol. The average molecular weight is 341 g/mol. The van der Waals surface area contributed by atoms with Gasteiger partial charge >= 0.3 is 12.0 Å². The highest BCUT2D eigenvalue weighted by Crippen LogP contribution is 2.24. The average Bonchev–Trinajstić information content (AvgIpc) is 2.92. The molecule has 1 aromatic carbocycles. The van der Waals surface area contributed by atoms with Gasteiger partial charge in [-0.2, -0.15) is 0 Å². The van der Waals surface area contributed by atoms with E-state index in [4.69, 9.17) is 5.11 Å². The molecule has 0 aromatic heterocycles. The molecule has 2 amide bonds. The van der Waals surface area contributed by atoms with Gasteiger partial charge < -0.3 is 15.3 Å². The Kier molecular flexibility index (Phi) is 5.00. The lowest BCUT2D eigenvalue weighted by Crippen LogP contribution is -2.44. The predicted octanol–water partition coefficient (Wildman–Crippen LogP) is 3.31. The number of benzene rings is 1. The lowest BCUT2D eigenvalue weighted by atomic mass is 10.2. The van der Waals surface area contributed by atoms with Crippen LogP contribution in [0.25, 0.3) is 0 Å². The van der Waals surface area contributed by atoms with E-state index < -0.39 is 5.97 Å². The Hall–Kier alpha value is -1.56. The summed E-state index contributed by atoms with van der Waals surface area (Å²) in [6, 6.07) is 6.88. The summed E-state index contributed by atoms with van der Waals surface area (Å²) in [6.07, 6.45) is 3.85. The van der Waals surface area contributed by atoms with Crippen molar-refractivity contribution in [3.8, 4) is 0 Å². The van der Waals surface area contributed by atoms with Crippen molar-refractivity contribution in [1.29, 1.82) is 0 Å². The number of hydrogen-bond acceptors (Lipinski definition) is 2. The predicted molar refractivity (Wildman–Crippen MR) is 79.8 cm³/mol. The number of carbonyl (C=O) groups excluding carboxylic acids is 1. The van der Waals surface area contributed by atoms with Crippen molar-refractivity contribution in [2.75, 3.05) is 11.9 Å². The summed E-state index contributed by atoms with van der Waals surface area (Å²) in [5.74, 6) is -0.983. The second kappa shape index (κ2) is 6.74. The van der Waals surface area contributed by atoms with Crippen molar-refractivity contribution in [3.05, 3.63) is 28.7 Å². The third-order valence-corrected chi connectivity index (χ3v) is 3.96. The minimum Gasteiger partial charge on any atom is -0.480 e. The molecule has 0 heterocycles. The van der Waals surface area contributed by atoms with Gasteiger partial charge in [0.25, 0.3) is 0 Å². The number of rotatable bonds is 4. The zero-order chi connectivity index (χ0) is 14.5. The molecule has 0 atom stereocenters. The Bertz CT molecular complexity index is 484. The molecular formula is C14H17BrN2O3. The number of urea groups is 1. The maximum Gasteiger partial charge on any atom is 0.323 e. The van der Waals surface area contributed by atoms with Crippen LogP contribution in [0.2, 0.25) is 0 Å². The van der Waals surface area contributed by atoms with Crippen molar-refractivity contribution < 1.29 is 14.7 Å². The molecule has 0 spiro atoms. The van der Waals surface area contributed by atoms with E-state index in [9.17, 15) is 9.59 Å². The van der Waals surface area contributed by atoms with Gasteiger partial charge in [0.2, 0.25) is 0 Å². The number of aliphatic carboxylic acids is 1. The Morgan fingerprint density at radius 2 is 1.85 bits per heavy atom. The van der Waals surface area contributed by atoms with Gasteiger partial charge in [-0.3, -0.25) is 4.79 Å². The summed E-state index contributed by atoms with van der Waals surface area (Å²) in [5, 5.41) is 11.7. The smallest absolute Gasteiger partial charge is 0.323 e. The van der Waals surface area contributed by atoms with Crippen molar-refractivity contribution in [2.24, 2.45) is 0 Å². The first-order valence-corrected chi connectivity index (χ1v) is 7.40. The second-order valence-corrected chi connectivity index (χ2v) is 5.81. The molecule has 1 saturated carbocycles. The zero-order valence-electron chi connectivity index (χ0n) is 11.0. The molecular weight excluding hydrogens is 324 g/mol. The summed E-state index contributed by atoms with van der Waals surface area (Å²) in [7, 11) is 0. The Morgan fingerprint density at radius 1 is 1.25 bits per heavy atom. The van der Waals surface area contributed by atoms with Crippen LogP contribution in [0.1, 0.15) is 25.7 Å². The fraction of sp³-hybridized carbons (Fsp3) is 0.429. The van der Waals surface area contributed by atoms with Crippen LogP contribution in [-0.4, -0.2) is 34.6 Å². The Morgan fingerprint density at radius 3 is 2.40 bits per heavy atom. The van der Waals surface area contributed by atoms with Crippen LogP contribution in [0.4, 0.5) is 10.5 Å². The SMILES string of the molecule is O=C(O)CN(C(=O)Nc1ccc(Br)cc1)C1CCCC1. The minimum absolute atomic E-state index is 0.0292. The van der Waals surface area contributed by atoms with Crippen molar-refractivity contribution in [3.63, 3.8) is 0 Å². The largest absolute Gasteiger partial charge is 0.480 e. The maximum atomic E-state index is 12.3. The number of carboxylic acids is 1. The number of anilines is 1. The first-order valence-electron chi connectivity index (χ1n) is 6.61. The van der Waals surface area contributed by atoms with E-state index in [2.05, 4.69) is 21.2 Å². The minimum atomic E-state index is -0.983. The molecule has 1 aromatic rings. The van der Waals surface area contributed by atoms with Gasteiger partial charge in [-0.1, -0.05) is 28.8 Å². The second-order valence-electron chi connectivity index (χ2n) is 4.90. The first-order chi connectivity index (χ1) is 9.56. The van der Waals surface area contributed by atoms with E-state index in [-0.39, 0.29) is 18.6 Å². The molecule has 1 aliphatic carbocycles. The summed E-state index contributed by atoms with van der Waals surface area (Å²) >= 11 is 3.33. The molecule has 6 heteroatoms. The van der Waals surface area contributed by atoms with Crippen molar-refractivity contribution in [2.45, 2.75) is 31.7 Å². The molecule has 20 heavy (non-hydrogen) atoms. The van der Waals surface area contributed by atoms with Gasteiger partial charge in [-0.05, 0) is 37.1 Å². The van der Waals surface area contributed by atoms with Crippen LogP contribution >= 0.6 is 15.9 Å². The summed E-state index contributed by atoms with van der Waals surface area (Å²) in [6.45, 7) is -0.257. The van der Waals surface area contributed by atoms with E-state index in [0.29, 0.717) is 5.69 Å². The van der Waals surface area contributed by atoms with Crippen molar-refractivity contribution in [1.82, 2.24) is 4.90 Å². The van der Waals surface area contributed by atoms with Crippen LogP contribution in [0.15, 0.2) is 28.7 Å². The van der Waals surface area contributed by atoms with Gasteiger partial charge in [0.05, 0.1) is 0 Å². The highest BCUT2D eigenvalue weighted by molar-refractivity contribution is 9.10. The molecule has 0 saturated heterocycles. The summed E-state index contributed by atoms with van der Waals surface area (Å²) < 4.78 is 0.925. The van der Waals surface area contributed by atoms with E-state index in [1.54, 1.807) is 12.1 Å². The van der Waals surface area contributed by atoms with E-state index in [1.807, 2.05) is 12.1 Å². The highest BCUT2D eigenvalue weighted by Gasteiger charge is 2.28. The molecule has 2 N–H and O–H groups in total. The topological polar surface area (TPSA) is 69.6 Å². The Balaban J connectivity index is 2.05. The highest BCUT2D eigenvalue weighted by atomic mass is 79.9. The maximum absolute atomic E-state index is 12.3. The number of halogens is 1. The number of nitrogens with zero attached hydrogens (tertiary/aromatic N) is 1. The molecule has 0 radical (unpaired) electrons. The standard InChI is InChI=1S/C14H17BrN2O3/c15-10-5-7-11(8-6-10)16-14(20)17(9-13(18)19)12-3-1-2-4-12/h5-8,12H,1-4,9H2,(H,16,20)(H,18,19). The third kappa shape index (κ3) is 3.96. The number of carbonyl (C=O) groups is 2. The molecule has 2 rings (SSSR count). The van der Waals surface area contributed by atoms with E-state index in [1.165, 1.54) is 4.90 Å². The van der Waals surface area contributed by atoms with Gasteiger partial charge in [0.1, 0.15) is 6.54 Å². The third-order valence-electron chi connectivity index (χ3n) is 3.43. The van der Waals surface area contributed by atoms with Crippen LogP contribution in [0.5, 0.6) is 0 Å². The van der Waals surface area contributed by atoms with Gasteiger partial charge in [0.15, 0.2) is 0 Å². The summed E-state index contributed by atoms with van der Waals surface area (Å²) in [5.41, 5.74) is 0.659. The molecule has 1 aliphatic rings. The summed E-state index contributed by atoms with van der Waals surface area (Å²) in [4.78, 5) is 24.6. The van der Waals surface area contributed by atoms with Gasteiger partial charge in [-0.25, -0.2) is 4.79 Å². The molecule has 0 aliphatic heterocycles. The molecule has 0 unspecified atom stereocenters. The first kappa shape index (κ1) is 14.8. The van der Waals surface area contributed by atoms with Gasteiger partial charge in [-0.15, -0.1) is 0 Å². The molecule has 0 bridgehead atoms. The van der Waals surface area contributed by atoms with Crippen LogP contribution < -0.4 is 5.32 Å². The fourth-order valence-electron chi connectivity index (χ4n) is 2.46. The number of hydrogen-bond donors (Lipinski definition) is 2. The fourth-order valence-corrected chi connectivity index (χ4v) is 2.72. The number of carboxylic acid groups (broad SMARTS) is 1. The van der Waals surface area contributed by atoms with Crippen molar-refractivity contribution >= 4 is 33.6 Å². The van der Waals surface area contributed by atoms with E-state index in [0.717, 1.165) is 30.2 Å². The lowest BCUT2D eigenvalue weighted by Gasteiger charge is -2.27. The number of amides is 2. The van der Waals surface area contributed by atoms with Crippen LogP contribution in [0, 0.1) is 0 Å². The van der Waals surface area contributed by atoms with Crippen LogP contribution in [-0.2, 0) is 4.79 Å².